The van der Waals surface area contributed by atoms with E-state index in [-0.39, 0.29) is 29.7 Å². The number of benzene rings is 7. The highest BCUT2D eigenvalue weighted by Gasteiger charge is 2.21. The van der Waals surface area contributed by atoms with Crippen molar-refractivity contribution in [3.63, 3.8) is 0 Å². The van der Waals surface area contributed by atoms with Gasteiger partial charge in [0.25, 0.3) is 0 Å². The Bertz CT molecular complexity index is 3070. The van der Waals surface area contributed by atoms with Crippen LogP contribution in [0.15, 0.2) is 174 Å². The summed E-state index contributed by atoms with van der Waals surface area (Å²) >= 11 is 0. The van der Waals surface area contributed by atoms with Crippen molar-refractivity contribution in [1.29, 1.82) is 0 Å². The Morgan fingerprint density at radius 1 is 0.480 bits per heavy atom. The number of rotatable bonds is 5. The molecular weight excluding hydrogens is 613 g/mol. The molecule has 5 nitrogen and oxygen atoms in total. The molecule has 0 saturated carbocycles. The molecule has 0 atom stereocenters. The summed E-state index contributed by atoms with van der Waals surface area (Å²) in [6.07, 6.45) is 0. The lowest BCUT2D eigenvalue weighted by Crippen LogP contribution is -2.00. The summed E-state index contributed by atoms with van der Waals surface area (Å²) in [4.78, 5) is 14.7. The predicted molar refractivity (Wildman–Crippen MR) is 203 cm³/mol. The van der Waals surface area contributed by atoms with Crippen LogP contribution in [0, 0.1) is 0 Å². The van der Waals surface area contributed by atoms with Crippen LogP contribution in [0.2, 0.25) is 0 Å². The van der Waals surface area contributed by atoms with Gasteiger partial charge < -0.3 is 8.98 Å². The summed E-state index contributed by atoms with van der Waals surface area (Å²) in [6.45, 7) is 0. The van der Waals surface area contributed by atoms with Gasteiger partial charge >= 0.3 is 0 Å². The first-order chi connectivity index (χ1) is 26.9. The van der Waals surface area contributed by atoms with Gasteiger partial charge in [-0.25, -0.2) is 15.0 Å². The largest absolute Gasteiger partial charge is 0.456 e. The minimum absolute atomic E-state index is 0.150. The molecule has 234 valence electrons. The average Bonchev–Trinajstić information content (AvgIpc) is 3.79. The van der Waals surface area contributed by atoms with E-state index < -0.39 is 6.04 Å². The van der Waals surface area contributed by atoms with Gasteiger partial charge in [0.05, 0.1) is 29.0 Å². The zero-order valence-electron chi connectivity index (χ0n) is 31.5. The molecule has 10 rings (SSSR count). The van der Waals surface area contributed by atoms with Crippen LogP contribution in [-0.2, 0) is 0 Å². The van der Waals surface area contributed by atoms with Crippen LogP contribution in [0.25, 0.3) is 94.7 Å². The molecule has 5 heteroatoms. The van der Waals surface area contributed by atoms with Crippen molar-refractivity contribution in [2.24, 2.45) is 0 Å². The smallest absolute Gasteiger partial charge is 0.164 e. The number of nitrogens with zero attached hydrogens (tertiary/aromatic N) is 4. The van der Waals surface area contributed by atoms with E-state index >= 15 is 0 Å². The van der Waals surface area contributed by atoms with E-state index in [2.05, 4.69) is 4.57 Å². The molecule has 0 saturated heterocycles. The van der Waals surface area contributed by atoms with Gasteiger partial charge in [-0.1, -0.05) is 139 Å². The molecule has 0 aliphatic rings. The summed E-state index contributed by atoms with van der Waals surface area (Å²) in [5.41, 5.74) is 7.00. The molecule has 0 radical (unpaired) electrons. The van der Waals surface area contributed by atoms with Gasteiger partial charge in [0.2, 0.25) is 0 Å². The van der Waals surface area contributed by atoms with Gasteiger partial charge in [-0.3, -0.25) is 0 Å². The van der Waals surface area contributed by atoms with Gasteiger partial charge in [-0.15, -0.1) is 0 Å². The molecule has 7 aromatic carbocycles. The van der Waals surface area contributed by atoms with Gasteiger partial charge in [-0.2, -0.15) is 0 Å². The third-order valence-corrected chi connectivity index (χ3v) is 9.14. The van der Waals surface area contributed by atoms with Crippen LogP contribution in [0.4, 0.5) is 0 Å². The second-order valence-corrected chi connectivity index (χ2v) is 12.1. The molecule has 0 spiro atoms. The number of aromatic nitrogens is 4. The van der Waals surface area contributed by atoms with E-state index in [1.807, 2.05) is 140 Å². The van der Waals surface area contributed by atoms with Crippen LogP contribution < -0.4 is 0 Å². The molecule has 0 unspecified atom stereocenters. The Morgan fingerprint density at radius 3 is 1.86 bits per heavy atom. The lowest BCUT2D eigenvalue weighted by atomic mass is 10.0. The summed E-state index contributed by atoms with van der Waals surface area (Å²) in [5, 5.41) is 3.61. The fourth-order valence-corrected chi connectivity index (χ4v) is 6.93. The molecule has 0 aliphatic carbocycles. The number of hydrogen-bond acceptors (Lipinski definition) is 4. The van der Waals surface area contributed by atoms with Crippen LogP contribution in [0.3, 0.4) is 0 Å². The molecule has 50 heavy (non-hydrogen) atoms. The van der Waals surface area contributed by atoms with E-state index in [4.69, 9.17) is 26.2 Å². The molecule has 3 heterocycles. The first-order valence-electron chi connectivity index (χ1n) is 18.8. The maximum Gasteiger partial charge on any atom is 0.164 e. The maximum atomic E-state index is 8.88. The third kappa shape index (κ3) is 4.52. The van der Waals surface area contributed by atoms with Crippen molar-refractivity contribution in [3.05, 3.63) is 170 Å². The third-order valence-electron chi connectivity index (χ3n) is 9.14. The number of para-hydroxylation sites is 2. The molecule has 0 amide bonds. The highest BCUT2D eigenvalue weighted by molar-refractivity contribution is 6.17. The van der Waals surface area contributed by atoms with Gasteiger partial charge in [0, 0.05) is 38.4 Å². The number of furan rings is 1. The van der Waals surface area contributed by atoms with Gasteiger partial charge in [0.15, 0.2) is 17.5 Å². The average molecular weight is 646 g/mol. The predicted octanol–water partition coefficient (Wildman–Crippen LogP) is 11.5. The number of hydrogen-bond donors (Lipinski definition) is 0. The Morgan fingerprint density at radius 2 is 1.12 bits per heavy atom. The maximum absolute atomic E-state index is 8.88. The van der Waals surface area contributed by atoms with E-state index in [0.717, 1.165) is 55.0 Å². The first-order valence-corrected chi connectivity index (χ1v) is 16.3. The highest BCUT2D eigenvalue weighted by Crippen LogP contribution is 2.42. The Labute approximate surface area is 294 Å². The Balaban J connectivity index is 1.21. The standard InChI is InChI=1S/C45H28N4O/c1-4-14-29(15-5-1)33-21-12-22-35-34-20-10-11-23-37(34)49(42(33)35)38-24-13-25-39-41(38)36-27-26-32(28-40(36)50-39)45-47-43(30-16-6-2-7-17-30)46-44(48-45)31-18-8-3-9-19-31/h1-28H/i1D,4D,5D,14D,15D. The van der Waals surface area contributed by atoms with Crippen LogP contribution in [-0.4, -0.2) is 19.5 Å². The van der Waals surface area contributed by atoms with E-state index in [1.54, 1.807) is 0 Å². The van der Waals surface area contributed by atoms with Gasteiger partial charge in [-0.05, 0) is 35.9 Å². The SMILES string of the molecule is [2H]c1c([2H])c([2H])c(-c2cccc3c4ccccc4n(-c4cccc5oc6cc(-c7nc(-c8ccccc8)nc(-c8ccccc8)n7)ccc6c45)c23)c([2H])c1[2H]. The molecule has 0 bridgehead atoms. The normalized spacial score (nSPS) is 13.0. The molecule has 0 aliphatic heterocycles. The number of fused-ring (bicyclic) bond motifs is 6. The summed E-state index contributed by atoms with van der Waals surface area (Å²) in [7, 11) is 0. The van der Waals surface area contributed by atoms with Crippen molar-refractivity contribution in [3.8, 4) is 51.0 Å². The molecule has 0 N–H and O–H groups in total. The molecule has 0 fully saturated rings. The summed E-state index contributed by atoms with van der Waals surface area (Å²) in [5.74, 6) is 1.65. The topological polar surface area (TPSA) is 56.7 Å². The van der Waals surface area contributed by atoms with Gasteiger partial charge in [0.1, 0.15) is 11.2 Å². The lowest BCUT2D eigenvalue weighted by molar-refractivity contribution is 0.669. The Kier molecular flexibility index (Phi) is 5.35. The summed E-state index contributed by atoms with van der Waals surface area (Å²) < 4.78 is 51.6. The van der Waals surface area contributed by atoms with E-state index in [9.17, 15) is 0 Å². The van der Waals surface area contributed by atoms with Crippen LogP contribution in [0.5, 0.6) is 0 Å². The van der Waals surface area contributed by atoms with Crippen molar-refractivity contribution in [1.82, 2.24) is 19.5 Å². The molecular formula is C45H28N4O. The van der Waals surface area contributed by atoms with E-state index in [0.29, 0.717) is 34.2 Å². The van der Waals surface area contributed by atoms with Crippen molar-refractivity contribution in [2.45, 2.75) is 0 Å². The monoisotopic (exact) mass is 645 g/mol. The highest BCUT2D eigenvalue weighted by atomic mass is 16.3. The summed E-state index contributed by atoms with van der Waals surface area (Å²) in [6, 6.07) is 43.7. The van der Waals surface area contributed by atoms with Crippen LogP contribution >= 0.6 is 0 Å². The van der Waals surface area contributed by atoms with Crippen molar-refractivity contribution >= 4 is 43.7 Å². The van der Waals surface area contributed by atoms with Crippen LogP contribution in [0.1, 0.15) is 6.85 Å². The lowest BCUT2D eigenvalue weighted by Gasteiger charge is -2.13. The quantitative estimate of drug-likeness (QED) is 0.187. The fraction of sp³-hybridized carbons (Fsp3) is 0. The zero-order chi connectivity index (χ0) is 37.4. The fourth-order valence-electron chi connectivity index (χ4n) is 6.93. The zero-order valence-corrected chi connectivity index (χ0v) is 26.5. The van der Waals surface area contributed by atoms with Crippen molar-refractivity contribution in [2.75, 3.05) is 0 Å². The van der Waals surface area contributed by atoms with Crippen molar-refractivity contribution < 1.29 is 11.3 Å². The second-order valence-electron chi connectivity index (χ2n) is 12.1. The first kappa shape index (κ1) is 23.5. The minimum Gasteiger partial charge on any atom is -0.456 e. The van der Waals surface area contributed by atoms with E-state index in [1.165, 1.54) is 0 Å². The Hall–Kier alpha value is -6.85. The minimum atomic E-state index is -0.426. The molecule has 3 aromatic heterocycles. The second kappa shape index (κ2) is 11.4. The molecule has 10 aromatic rings.